The Labute approximate surface area is 166 Å². The number of ether oxygens (including phenoxy) is 1. The summed E-state index contributed by atoms with van der Waals surface area (Å²) in [5.41, 5.74) is 1.76. The minimum Gasteiger partial charge on any atom is -0.494 e. The van der Waals surface area contributed by atoms with Crippen LogP contribution >= 0.6 is 0 Å². The fourth-order valence-electron chi connectivity index (χ4n) is 3.24. The first-order chi connectivity index (χ1) is 13.7. The van der Waals surface area contributed by atoms with Gasteiger partial charge in [-0.3, -0.25) is 9.59 Å². The lowest BCUT2D eigenvalue weighted by Crippen LogP contribution is -2.40. The molecule has 146 valence electrons. The Bertz CT molecular complexity index is 808. The van der Waals surface area contributed by atoms with Crippen LogP contribution in [0.3, 0.4) is 0 Å². The second-order valence-electron chi connectivity index (χ2n) is 6.79. The van der Waals surface area contributed by atoms with Gasteiger partial charge in [-0.2, -0.15) is 0 Å². The average molecular weight is 378 g/mol. The molecule has 1 N–H and O–H groups in total. The van der Waals surface area contributed by atoms with Crippen molar-refractivity contribution in [1.29, 1.82) is 0 Å². The normalized spacial score (nSPS) is 14.8. The highest BCUT2D eigenvalue weighted by atomic mass is 16.5. The maximum absolute atomic E-state index is 12.4. The molecule has 28 heavy (non-hydrogen) atoms. The predicted octanol–water partition coefficient (Wildman–Crippen LogP) is 3.98. The largest absolute Gasteiger partial charge is 0.494 e. The standard InChI is InChI=1S/C23H26N2O3/c1-2-28-21-11-8-18(9-12-21)10-13-22(26)25-16-14-19(15-17-25)23(27)24-20-6-4-3-5-7-20/h3-13,19H,2,14-17H2,1H3,(H,24,27)/b13-10+. The number of anilines is 1. The number of carbonyl (C=O) groups is 2. The molecule has 2 aromatic rings. The summed E-state index contributed by atoms with van der Waals surface area (Å²) in [6.07, 6.45) is 4.77. The molecule has 0 aliphatic carbocycles. The molecule has 1 fully saturated rings. The van der Waals surface area contributed by atoms with Crippen molar-refractivity contribution in [2.24, 2.45) is 5.92 Å². The van der Waals surface area contributed by atoms with Crippen LogP contribution in [0.2, 0.25) is 0 Å². The van der Waals surface area contributed by atoms with Crippen LogP contribution in [0.15, 0.2) is 60.7 Å². The molecule has 5 nitrogen and oxygen atoms in total. The lowest BCUT2D eigenvalue weighted by molar-refractivity contribution is -0.130. The van der Waals surface area contributed by atoms with Crippen LogP contribution in [0.1, 0.15) is 25.3 Å². The van der Waals surface area contributed by atoms with Crippen LogP contribution in [0, 0.1) is 5.92 Å². The van der Waals surface area contributed by atoms with Crippen LogP contribution in [-0.4, -0.2) is 36.4 Å². The summed E-state index contributed by atoms with van der Waals surface area (Å²) in [6.45, 7) is 3.77. The van der Waals surface area contributed by atoms with E-state index in [1.807, 2.05) is 67.6 Å². The Morgan fingerprint density at radius 1 is 1.07 bits per heavy atom. The third-order valence-electron chi connectivity index (χ3n) is 4.83. The molecule has 0 bridgehead atoms. The smallest absolute Gasteiger partial charge is 0.246 e. The van der Waals surface area contributed by atoms with Crippen LogP contribution in [0.5, 0.6) is 5.75 Å². The third-order valence-corrected chi connectivity index (χ3v) is 4.83. The maximum Gasteiger partial charge on any atom is 0.246 e. The second kappa shape index (κ2) is 9.74. The zero-order chi connectivity index (χ0) is 19.8. The Morgan fingerprint density at radius 2 is 1.75 bits per heavy atom. The number of benzene rings is 2. The Balaban J connectivity index is 1.47. The number of piperidine rings is 1. The second-order valence-corrected chi connectivity index (χ2v) is 6.79. The summed E-state index contributed by atoms with van der Waals surface area (Å²) in [5, 5.41) is 2.95. The van der Waals surface area contributed by atoms with Gasteiger partial charge >= 0.3 is 0 Å². The summed E-state index contributed by atoms with van der Waals surface area (Å²) in [4.78, 5) is 26.6. The molecule has 0 atom stereocenters. The van der Waals surface area contributed by atoms with Gasteiger partial charge in [0.25, 0.3) is 0 Å². The predicted molar refractivity (Wildman–Crippen MR) is 111 cm³/mol. The fourth-order valence-corrected chi connectivity index (χ4v) is 3.24. The maximum atomic E-state index is 12.4. The van der Waals surface area contributed by atoms with E-state index >= 15 is 0 Å². The molecule has 0 radical (unpaired) electrons. The zero-order valence-electron chi connectivity index (χ0n) is 16.1. The lowest BCUT2D eigenvalue weighted by Gasteiger charge is -2.30. The van der Waals surface area contributed by atoms with Crippen molar-refractivity contribution < 1.29 is 14.3 Å². The van der Waals surface area contributed by atoms with Crippen molar-refractivity contribution >= 4 is 23.6 Å². The third kappa shape index (κ3) is 5.46. The highest BCUT2D eigenvalue weighted by molar-refractivity contribution is 5.94. The molecule has 1 saturated heterocycles. The van der Waals surface area contributed by atoms with E-state index in [9.17, 15) is 9.59 Å². The molecule has 2 amide bonds. The number of hydrogen-bond donors (Lipinski definition) is 1. The monoisotopic (exact) mass is 378 g/mol. The molecule has 0 unspecified atom stereocenters. The Morgan fingerprint density at radius 3 is 2.39 bits per heavy atom. The summed E-state index contributed by atoms with van der Waals surface area (Å²) in [5.74, 6) is 0.778. The van der Waals surface area contributed by atoms with Crippen molar-refractivity contribution in [2.75, 3.05) is 25.0 Å². The Kier molecular flexibility index (Phi) is 6.84. The van der Waals surface area contributed by atoms with E-state index in [2.05, 4.69) is 5.32 Å². The van der Waals surface area contributed by atoms with Gasteiger partial charge in [0.2, 0.25) is 11.8 Å². The van der Waals surface area contributed by atoms with Gasteiger partial charge in [-0.05, 0) is 55.7 Å². The lowest BCUT2D eigenvalue weighted by atomic mass is 9.95. The van der Waals surface area contributed by atoms with Gasteiger partial charge in [-0.25, -0.2) is 0 Å². The summed E-state index contributed by atoms with van der Waals surface area (Å²) >= 11 is 0. The van der Waals surface area contributed by atoms with Gasteiger partial charge < -0.3 is 15.0 Å². The topological polar surface area (TPSA) is 58.6 Å². The van der Waals surface area contributed by atoms with Crippen LogP contribution < -0.4 is 10.1 Å². The fraction of sp³-hybridized carbons (Fsp3) is 0.304. The van der Waals surface area contributed by atoms with Gasteiger partial charge in [0, 0.05) is 30.8 Å². The van der Waals surface area contributed by atoms with Gasteiger partial charge in [0.05, 0.1) is 6.61 Å². The van der Waals surface area contributed by atoms with E-state index in [1.54, 1.807) is 11.0 Å². The molecule has 1 aliphatic heterocycles. The van der Waals surface area contributed by atoms with Crippen molar-refractivity contribution in [2.45, 2.75) is 19.8 Å². The van der Waals surface area contributed by atoms with Crippen LogP contribution in [-0.2, 0) is 9.59 Å². The number of carbonyl (C=O) groups excluding carboxylic acids is 2. The molecule has 0 aromatic heterocycles. The van der Waals surface area contributed by atoms with Crippen molar-refractivity contribution in [3.8, 4) is 5.75 Å². The number of likely N-dealkylation sites (tertiary alicyclic amines) is 1. The van der Waals surface area contributed by atoms with Gasteiger partial charge in [0.15, 0.2) is 0 Å². The van der Waals surface area contributed by atoms with Gasteiger partial charge in [-0.1, -0.05) is 30.3 Å². The first-order valence-corrected chi connectivity index (χ1v) is 9.71. The quantitative estimate of drug-likeness (QED) is 0.774. The van der Waals surface area contributed by atoms with Crippen molar-refractivity contribution in [3.63, 3.8) is 0 Å². The Hall–Kier alpha value is -3.08. The number of amides is 2. The van der Waals surface area contributed by atoms with E-state index in [0.717, 1.165) is 17.0 Å². The molecule has 5 heteroatoms. The zero-order valence-corrected chi connectivity index (χ0v) is 16.1. The van der Waals surface area contributed by atoms with Crippen molar-refractivity contribution in [3.05, 3.63) is 66.2 Å². The molecular weight excluding hydrogens is 352 g/mol. The van der Waals surface area contributed by atoms with E-state index in [4.69, 9.17) is 4.74 Å². The minimum atomic E-state index is -0.0562. The van der Waals surface area contributed by atoms with Gasteiger partial charge in [-0.15, -0.1) is 0 Å². The summed E-state index contributed by atoms with van der Waals surface area (Å²) < 4.78 is 5.42. The number of nitrogens with zero attached hydrogens (tertiary/aromatic N) is 1. The van der Waals surface area contributed by atoms with E-state index in [0.29, 0.717) is 32.5 Å². The highest BCUT2D eigenvalue weighted by Crippen LogP contribution is 2.20. The first-order valence-electron chi connectivity index (χ1n) is 9.71. The molecule has 1 aliphatic rings. The van der Waals surface area contributed by atoms with E-state index < -0.39 is 0 Å². The van der Waals surface area contributed by atoms with Gasteiger partial charge in [0.1, 0.15) is 5.75 Å². The van der Waals surface area contributed by atoms with Crippen LogP contribution in [0.25, 0.3) is 6.08 Å². The number of nitrogens with one attached hydrogen (secondary N) is 1. The molecule has 2 aromatic carbocycles. The summed E-state index contributed by atoms with van der Waals surface area (Å²) in [6, 6.07) is 17.1. The van der Waals surface area contributed by atoms with E-state index in [-0.39, 0.29) is 17.7 Å². The van der Waals surface area contributed by atoms with Crippen LogP contribution in [0.4, 0.5) is 5.69 Å². The number of hydrogen-bond acceptors (Lipinski definition) is 3. The number of rotatable bonds is 6. The summed E-state index contributed by atoms with van der Waals surface area (Å²) in [7, 11) is 0. The highest BCUT2D eigenvalue weighted by Gasteiger charge is 2.26. The van der Waals surface area contributed by atoms with Crippen molar-refractivity contribution in [1.82, 2.24) is 4.90 Å². The SMILES string of the molecule is CCOc1ccc(/C=C/C(=O)N2CCC(C(=O)Nc3ccccc3)CC2)cc1. The minimum absolute atomic E-state index is 0.0178. The first kappa shape index (κ1) is 19.7. The molecule has 0 saturated carbocycles. The molecular formula is C23H26N2O3. The molecule has 1 heterocycles. The number of para-hydroxylation sites is 1. The molecule has 3 rings (SSSR count). The average Bonchev–Trinajstić information content (AvgIpc) is 2.74. The van der Waals surface area contributed by atoms with E-state index in [1.165, 1.54) is 0 Å². The molecule has 0 spiro atoms.